The van der Waals surface area contributed by atoms with Gasteiger partial charge in [-0.05, 0) is 25.1 Å². The van der Waals surface area contributed by atoms with Gasteiger partial charge in [0.15, 0.2) is 0 Å². The molecule has 1 atom stereocenters. The third kappa shape index (κ3) is 3.85. The maximum Gasteiger partial charge on any atom is 0.339 e. The molecule has 7 nitrogen and oxygen atoms in total. The van der Waals surface area contributed by atoms with E-state index in [0.717, 1.165) is 10.6 Å². The molecule has 3 N–H and O–H groups in total. The Bertz CT molecular complexity index is 845. The Balaban J connectivity index is 1.57. The number of fused-ring (bicyclic) bond motifs is 1. The highest BCUT2D eigenvalue weighted by atomic mass is 32.2. The molecule has 3 rings (SSSR count). The molecule has 0 saturated heterocycles. The number of thioether (sulfide) groups is 1. The summed E-state index contributed by atoms with van der Waals surface area (Å²) in [6.45, 7) is 1.62. The largest absolute Gasteiger partial charge is 0.478 e. The minimum atomic E-state index is -1.08. The lowest BCUT2D eigenvalue weighted by atomic mass is 10.2. The van der Waals surface area contributed by atoms with Crippen molar-refractivity contribution >= 4 is 35.2 Å². The second kappa shape index (κ2) is 7.02. The van der Waals surface area contributed by atoms with Crippen LogP contribution in [-0.4, -0.2) is 28.1 Å². The number of para-hydroxylation sites is 1. The number of carbonyl (C=O) groups is 3. The van der Waals surface area contributed by atoms with Gasteiger partial charge in [-0.1, -0.05) is 12.1 Å². The highest BCUT2D eigenvalue weighted by Gasteiger charge is 2.28. The van der Waals surface area contributed by atoms with Crippen LogP contribution < -0.4 is 10.6 Å². The fraction of sp³-hybridized carbons (Fsp3) is 0.235. The van der Waals surface area contributed by atoms with Crippen LogP contribution in [0, 0.1) is 6.92 Å². The summed E-state index contributed by atoms with van der Waals surface area (Å²) in [5.74, 6) is -0.948. The van der Waals surface area contributed by atoms with E-state index in [1.54, 1.807) is 6.92 Å². The topological polar surface area (TPSA) is 109 Å². The molecule has 8 heteroatoms. The zero-order valence-electron chi connectivity index (χ0n) is 13.4. The lowest BCUT2D eigenvalue weighted by molar-refractivity contribution is -0.124. The van der Waals surface area contributed by atoms with E-state index in [-0.39, 0.29) is 36.1 Å². The van der Waals surface area contributed by atoms with Crippen LogP contribution in [-0.2, 0) is 16.1 Å². The number of carbonyl (C=O) groups excluding carboxylic acids is 2. The first-order chi connectivity index (χ1) is 11.9. The summed E-state index contributed by atoms with van der Waals surface area (Å²) < 4.78 is 5.30. The van der Waals surface area contributed by atoms with Crippen molar-refractivity contribution in [1.29, 1.82) is 0 Å². The van der Waals surface area contributed by atoms with E-state index in [0.29, 0.717) is 5.76 Å². The average molecular weight is 360 g/mol. The Labute approximate surface area is 147 Å². The molecule has 0 saturated carbocycles. The number of rotatable bonds is 5. The summed E-state index contributed by atoms with van der Waals surface area (Å²) >= 11 is 1.35. The second-order valence-electron chi connectivity index (χ2n) is 5.56. The average Bonchev–Trinajstić information content (AvgIpc) is 2.95. The molecule has 25 heavy (non-hydrogen) atoms. The number of amides is 2. The van der Waals surface area contributed by atoms with Crippen LogP contribution in [0.5, 0.6) is 0 Å². The molecule has 1 aliphatic rings. The molecule has 1 unspecified atom stereocenters. The molecule has 130 valence electrons. The first-order valence-corrected chi connectivity index (χ1v) is 8.48. The van der Waals surface area contributed by atoms with Crippen LogP contribution in [0.3, 0.4) is 0 Å². The molecular weight excluding hydrogens is 344 g/mol. The Morgan fingerprint density at radius 2 is 2.12 bits per heavy atom. The van der Waals surface area contributed by atoms with Gasteiger partial charge in [-0.3, -0.25) is 9.59 Å². The summed E-state index contributed by atoms with van der Waals surface area (Å²) in [6.07, 6.45) is 0.0241. The number of hydrogen-bond acceptors (Lipinski definition) is 5. The molecule has 1 aromatic carbocycles. The molecule has 2 amide bonds. The SMILES string of the molecule is Cc1oc(CNC(=O)CC2Sc3ccccc3NC2=O)cc1C(=O)O. The Kier molecular flexibility index (Phi) is 4.80. The van der Waals surface area contributed by atoms with Gasteiger partial charge in [0.1, 0.15) is 17.1 Å². The first-order valence-electron chi connectivity index (χ1n) is 7.60. The van der Waals surface area contributed by atoms with E-state index >= 15 is 0 Å². The number of aromatic carboxylic acids is 1. The van der Waals surface area contributed by atoms with Gasteiger partial charge in [0.2, 0.25) is 11.8 Å². The van der Waals surface area contributed by atoms with Gasteiger partial charge in [-0.2, -0.15) is 0 Å². The van der Waals surface area contributed by atoms with Crippen LogP contribution in [0.2, 0.25) is 0 Å². The molecule has 0 radical (unpaired) electrons. The van der Waals surface area contributed by atoms with E-state index < -0.39 is 11.2 Å². The van der Waals surface area contributed by atoms with Crippen molar-refractivity contribution in [2.75, 3.05) is 5.32 Å². The zero-order chi connectivity index (χ0) is 18.0. The summed E-state index contributed by atoms with van der Waals surface area (Å²) in [4.78, 5) is 36.1. The standard InChI is InChI=1S/C17H16N2O5S/c1-9-11(17(22)23)6-10(24-9)8-18-15(20)7-14-16(21)19-12-4-2-3-5-13(12)25-14/h2-6,14H,7-8H2,1H3,(H,18,20)(H,19,21)(H,22,23). The fourth-order valence-corrected chi connectivity index (χ4v) is 3.61. The Morgan fingerprint density at radius 3 is 2.84 bits per heavy atom. The monoisotopic (exact) mass is 360 g/mol. The van der Waals surface area contributed by atoms with Crippen molar-refractivity contribution in [2.45, 2.75) is 30.0 Å². The number of carboxylic acid groups (broad SMARTS) is 1. The van der Waals surface area contributed by atoms with Crippen molar-refractivity contribution in [3.05, 3.63) is 47.4 Å². The van der Waals surface area contributed by atoms with Gasteiger partial charge in [0.05, 0.1) is 17.5 Å². The number of furan rings is 1. The van der Waals surface area contributed by atoms with Gasteiger partial charge in [0.25, 0.3) is 0 Å². The van der Waals surface area contributed by atoms with Gasteiger partial charge in [-0.25, -0.2) is 4.79 Å². The molecule has 1 aromatic heterocycles. The van der Waals surface area contributed by atoms with Crippen LogP contribution in [0.15, 0.2) is 39.6 Å². The quantitative estimate of drug-likeness (QED) is 0.755. The molecule has 0 fully saturated rings. The van der Waals surface area contributed by atoms with E-state index in [1.165, 1.54) is 17.8 Å². The number of carboxylic acids is 1. The van der Waals surface area contributed by atoms with Crippen LogP contribution >= 0.6 is 11.8 Å². The summed E-state index contributed by atoms with van der Waals surface area (Å²) in [5, 5.41) is 13.9. The predicted octanol–water partition coefficient (Wildman–Crippen LogP) is 2.41. The number of nitrogens with one attached hydrogen (secondary N) is 2. The fourth-order valence-electron chi connectivity index (χ4n) is 2.50. The number of benzene rings is 1. The van der Waals surface area contributed by atoms with Crippen molar-refractivity contribution < 1.29 is 23.9 Å². The van der Waals surface area contributed by atoms with Crippen molar-refractivity contribution in [3.63, 3.8) is 0 Å². The maximum atomic E-state index is 12.1. The normalized spacial score (nSPS) is 16.0. The van der Waals surface area contributed by atoms with Crippen molar-refractivity contribution in [2.24, 2.45) is 0 Å². The van der Waals surface area contributed by atoms with E-state index in [1.807, 2.05) is 24.3 Å². The summed E-state index contributed by atoms with van der Waals surface area (Å²) in [7, 11) is 0. The van der Waals surface area contributed by atoms with Gasteiger partial charge in [0, 0.05) is 11.3 Å². The van der Waals surface area contributed by atoms with Crippen molar-refractivity contribution in [3.8, 4) is 0 Å². The van der Waals surface area contributed by atoms with Crippen LogP contribution in [0.25, 0.3) is 0 Å². The molecule has 2 aromatic rings. The van der Waals surface area contributed by atoms with Gasteiger partial charge < -0.3 is 20.2 Å². The highest BCUT2D eigenvalue weighted by Crippen LogP contribution is 2.36. The molecule has 0 spiro atoms. The van der Waals surface area contributed by atoms with Crippen LogP contribution in [0.1, 0.15) is 28.3 Å². The number of aryl methyl sites for hydroxylation is 1. The highest BCUT2D eigenvalue weighted by molar-refractivity contribution is 8.01. The molecule has 2 heterocycles. The Morgan fingerprint density at radius 1 is 1.36 bits per heavy atom. The molecule has 1 aliphatic heterocycles. The molecular formula is C17H16N2O5S. The van der Waals surface area contributed by atoms with Crippen LogP contribution in [0.4, 0.5) is 5.69 Å². The van der Waals surface area contributed by atoms with E-state index in [4.69, 9.17) is 9.52 Å². The van der Waals surface area contributed by atoms with Gasteiger partial charge >= 0.3 is 5.97 Å². The number of hydrogen-bond donors (Lipinski definition) is 3. The smallest absolute Gasteiger partial charge is 0.339 e. The third-order valence-electron chi connectivity index (χ3n) is 3.74. The zero-order valence-corrected chi connectivity index (χ0v) is 14.2. The summed E-state index contributed by atoms with van der Waals surface area (Å²) in [6, 6.07) is 8.80. The van der Waals surface area contributed by atoms with Gasteiger partial charge in [-0.15, -0.1) is 11.8 Å². The molecule has 0 bridgehead atoms. The predicted molar refractivity (Wildman–Crippen MR) is 91.6 cm³/mol. The number of anilines is 1. The maximum absolute atomic E-state index is 12.1. The second-order valence-corrected chi connectivity index (χ2v) is 6.81. The van der Waals surface area contributed by atoms with Crippen molar-refractivity contribution in [1.82, 2.24) is 5.32 Å². The minimum absolute atomic E-state index is 0.0241. The lowest BCUT2D eigenvalue weighted by Crippen LogP contribution is -2.34. The summed E-state index contributed by atoms with van der Waals surface area (Å²) in [5.41, 5.74) is 0.824. The van der Waals surface area contributed by atoms with E-state index in [2.05, 4.69) is 10.6 Å². The molecule has 0 aliphatic carbocycles. The first kappa shape index (κ1) is 17.1. The van der Waals surface area contributed by atoms with E-state index in [9.17, 15) is 14.4 Å². The minimum Gasteiger partial charge on any atom is -0.478 e. The Hall–Kier alpha value is -2.74. The third-order valence-corrected chi connectivity index (χ3v) is 5.01. The lowest BCUT2D eigenvalue weighted by Gasteiger charge is -2.23.